The summed E-state index contributed by atoms with van der Waals surface area (Å²) in [4.78, 5) is 12.8. The largest absolute Gasteiger partial charge is 0.497 e. The van der Waals surface area contributed by atoms with Gasteiger partial charge in [0.15, 0.2) is 5.76 Å². The molecule has 0 aromatic heterocycles. The maximum atomic E-state index is 12.8. The molecule has 0 saturated carbocycles. The SMILES string of the molecule is CCCCC#CC1=C(OC(C)C)C(O)(c2cc(OC)ccc2OC)C1=O. The third kappa shape index (κ3) is 3.56. The van der Waals surface area contributed by atoms with Gasteiger partial charge in [0.1, 0.15) is 17.1 Å². The molecule has 26 heavy (non-hydrogen) atoms. The molecule has 1 aliphatic rings. The third-order valence-corrected chi connectivity index (χ3v) is 4.13. The van der Waals surface area contributed by atoms with Crippen LogP contribution in [-0.2, 0) is 15.1 Å². The summed E-state index contributed by atoms with van der Waals surface area (Å²) in [5.74, 6) is 6.44. The first-order valence-corrected chi connectivity index (χ1v) is 8.80. The normalized spacial score (nSPS) is 19.0. The van der Waals surface area contributed by atoms with Crippen LogP contribution in [0.25, 0.3) is 0 Å². The molecule has 0 aliphatic heterocycles. The highest BCUT2D eigenvalue weighted by molar-refractivity contribution is 6.15. The highest BCUT2D eigenvalue weighted by atomic mass is 16.5. The van der Waals surface area contributed by atoms with Gasteiger partial charge in [-0.3, -0.25) is 4.79 Å². The first-order chi connectivity index (χ1) is 12.4. The maximum absolute atomic E-state index is 12.8. The fourth-order valence-electron chi connectivity index (χ4n) is 2.76. The van der Waals surface area contributed by atoms with Gasteiger partial charge in [0.25, 0.3) is 0 Å². The molecule has 0 saturated heterocycles. The predicted octanol–water partition coefficient (Wildman–Crippen LogP) is 3.35. The Morgan fingerprint density at radius 1 is 1.23 bits per heavy atom. The second kappa shape index (κ2) is 8.29. The van der Waals surface area contributed by atoms with Gasteiger partial charge in [0.2, 0.25) is 11.4 Å². The van der Waals surface area contributed by atoms with Crippen LogP contribution in [0.4, 0.5) is 0 Å². The second-order valence-electron chi connectivity index (χ2n) is 6.38. The van der Waals surface area contributed by atoms with E-state index in [2.05, 4.69) is 18.8 Å². The molecule has 0 fully saturated rings. The lowest BCUT2D eigenvalue weighted by molar-refractivity contribution is -0.142. The van der Waals surface area contributed by atoms with Crippen LogP contribution in [-0.4, -0.2) is 31.2 Å². The summed E-state index contributed by atoms with van der Waals surface area (Å²) in [5, 5.41) is 11.2. The molecular weight excluding hydrogens is 332 g/mol. The highest BCUT2D eigenvalue weighted by Gasteiger charge is 2.57. The molecule has 1 N–H and O–H groups in total. The lowest BCUT2D eigenvalue weighted by atomic mass is 9.72. The van der Waals surface area contributed by atoms with Gasteiger partial charge in [-0.1, -0.05) is 25.2 Å². The summed E-state index contributed by atoms with van der Waals surface area (Å²) in [7, 11) is 3.00. The zero-order valence-electron chi connectivity index (χ0n) is 16.0. The van der Waals surface area contributed by atoms with E-state index < -0.39 is 11.4 Å². The molecule has 0 heterocycles. The molecule has 1 unspecified atom stereocenters. The number of benzene rings is 1. The second-order valence-corrected chi connectivity index (χ2v) is 6.38. The summed E-state index contributed by atoms with van der Waals surface area (Å²) in [5.41, 5.74) is -1.40. The summed E-state index contributed by atoms with van der Waals surface area (Å²) in [6, 6.07) is 4.94. The molecule has 0 bridgehead atoms. The molecule has 5 heteroatoms. The van der Waals surface area contributed by atoms with Gasteiger partial charge in [0, 0.05) is 12.0 Å². The molecule has 0 radical (unpaired) electrons. The summed E-state index contributed by atoms with van der Waals surface area (Å²) >= 11 is 0. The number of Topliss-reactive ketones (excluding diaryl/α,β-unsaturated/α-hetero) is 1. The van der Waals surface area contributed by atoms with Gasteiger partial charge in [0.05, 0.1) is 20.3 Å². The van der Waals surface area contributed by atoms with E-state index in [9.17, 15) is 9.90 Å². The van der Waals surface area contributed by atoms with Gasteiger partial charge < -0.3 is 19.3 Å². The van der Waals surface area contributed by atoms with Gasteiger partial charge in [-0.05, 0) is 38.5 Å². The van der Waals surface area contributed by atoms with Crippen molar-refractivity contribution in [2.75, 3.05) is 14.2 Å². The number of methoxy groups -OCH3 is 2. The van der Waals surface area contributed by atoms with E-state index in [1.165, 1.54) is 14.2 Å². The van der Waals surface area contributed by atoms with Crippen LogP contribution in [0.5, 0.6) is 11.5 Å². The van der Waals surface area contributed by atoms with Crippen molar-refractivity contribution in [2.24, 2.45) is 0 Å². The fraction of sp³-hybridized carbons (Fsp3) is 0.476. The van der Waals surface area contributed by atoms with Gasteiger partial charge in [-0.25, -0.2) is 0 Å². The minimum atomic E-state index is -1.92. The Morgan fingerprint density at radius 2 is 1.96 bits per heavy atom. The van der Waals surface area contributed by atoms with Crippen molar-refractivity contribution in [1.29, 1.82) is 0 Å². The maximum Gasteiger partial charge on any atom is 0.219 e. The summed E-state index contributed by atoms with van der Waals surface area (Å²) in [6.45, 7) is 5.75. The van der Waals surface area contributed by atoms with Crippen molar-refractivity contribution >= 4 is 5.78 Å². The topological polar surface area (TPSA) is 65.0 Å². The predicted molar refractivity (Wildman–Crippen MR) is 99.0 cm³/mol. The van der Waals surface area contributed by atoms with E-state index in [0.29, 0.717) is 23.5 Å². The molecule has 5 nitrogen and oxygen atoms in total. The Labute approximate surface area is 155 Å². The van der Waals surface area contributed by atoms with Crippen molar-refractivity contribution in [3.8, 4) is 23.3 Å². The Hall–Kier alpha value is -2.45. The third-order valence-electron chi connectivity index (χ3n) is 4.13. The van der Waals surface area contributed by atoms with Gasteiger partial charge in [-0.2, -0.15) is 0 Å². The van der Waals surface area contributed by atoms with Crippen LogP contribution in [0.1, 0.15) is 45.6 Å². The molecule has 140 valence electrons. The first-order valence-electron chi connectivity index (χ1n) is 8.80. The number of aliphatic hydroxyl groups is 1. The zero-order chi connectivity index (χ0) is 19.3. The van der Waals surface area contributed by atoms with E-state index in [0.717, 1.165) is 12.8 Å². The number of unbranched alkanes of at least 4 members (excludes halogenated alkanes) is 2. The number of carbonyl (C=O) groups excluding carboxylic acids is 1. The molecule has 1 atom stereocenters. The van der Waals surface area contributed by atoms with Crippen LogP contribution < -0.4 is 9.47 Å². The Balaban J connectivity index is 2.54. The first kappa shape index (κ1) is 19.9. The van der Waals surface area contributed by atoms with Gasteiger partial charge >= 0.3 is 0 Å². The zero-order valence-corrected chi connectivity index (χ0v) is 16.0. The van der Waals surface area contributed by atoms with Crippen molar-refractivity contribution in [1.82, 2.24) is 0 Å². The number of carbonyl (C=O) groups is 1. The summed E-state index contributed by atoms with van der Waals surface area (Å²) < 4.78 is 16.3. The van der Waals surface area contributed by atoms with E-state index in [1.54, 1.807) is 18.2 Å². The van der Waals surface area contributed by atoms with Crippen LogP contribution in [0.2, 0.25) is 0 Å². The monoisotopic (exact) mass is 358 g/mol. The molecule has 1 aliphatic carbocycles. The Morgan fingerprint density at radius 3 is 2.54 bits per heavy atom. The lowest BCUT2D eigenvalue weighted by Crippen LogP contribution is -2.49. The van der Waals surface area contributed by atoms with E-state index >= 15 is 0 Å². The Kier molecular flexibility index (Phi) is 6.33. The number of ketones is 1. The molecular formula is C21H26O5. The quantitative estimate of drug-likeness (QED) is 0.598. The van der Waals surface area contributed by atoms with Crippen LogP contribution >= 0.6 is 0 Å². The van der Waals surface area contributed by atoms with Crippen molar-refractivity contribution in [3.63, 3.8) is 0 Å². The lowest BCUT2D eigenvalue weighted by Gasteiger charge is -2.39. The Bertz CT molecular complexity index is 766. The molecule has 0 amide bonds. The van der Waals surface area contributed by atoms with Crippen molar-refractivity contribution in [3.05, 3.63) is 35.1 Å². The van der Waals surface area contributed by atoms with Crippen LogP contribution in [0.3, 0.4) is 0 Å². The molecule has 2 rings (SSSR count). The molecule has 1 aromatic rings. The van der Waals surface area contributed by atoms with E-state index in [-0.39, 0.29) is 17.4 Å². The van der Waals surface area contributed by atoms with Crippen LogP contribution in [0, 0.1) is 11.8 Å². The highest BCUT2D eigenvalue weighted by Crippen LogP contribution is 2.48. The number of ether oxygens (including phenoxy) is 3. The minimum absolute atomic E-state index is 0.174. The van der Waals surface area contributed by atoms with Crippen molar-refractivity contribution in [2.45, 2.75) is 51.7 Å². The number of hydrogen-bond donors (Lipinski definition) is 1. The minimum Gasteiger partial charge on any atom is -0.497 e. The number of hydrogen-bond acceptors (Lipinski definition) is 5. The molecule has 0 spiro atoms. The van der Waals surface area contributed by atoms with Gasteiger partial charge in [-0.15, -0.1) is 0 Å². The summed E-state index contributed by atoms with van der Waals surface area (Å²) in [6.07, 6.45) is 2.47. The average Bonchev–Trinajstić information content (AvgIpc) is 2.65. The standard InChI is InChI=1S/C21H26O5/c1-6-7-8-9-10-16-19(22)21(23,20(16)26-14(2)3)17-13-15(24-4)11-12-18(17)25-5/h11-14,23H,6-8H2,1-5H3. The molecule has 1 aromatic carbocycles. The van der Waals surface area contributed by atoms with E-state index in [4.69, 9.17) is 14.2 Å². The fourth-order valence-corrected chi connectivity index (χ4v) is 2.76. The number of rotatable bonds is 7. The smallest absolute Gasteiger partial charge is 0.219 e. The van der Waals surface area contributed by atoms with E-state index in [1.807, 2.05) is 13.8 Å². The van der Waals surface area contributed by atoms with Crippen LogP contribution in [0.15, 0.2) is 29.5 Å². The average molecular weight is 358 g/mol. The van der Waals surface area contributed by atoms with Crippen molar-refractivity contribution < 1.29 is 24.1 Å².